The van der Waals surface area contributed by atoms with Gasteiger partial charge < -0.3 is 20.5 Å². The Balaban J connectivity index is 1.31. The number of anilines is 1. The summed E-state index contributed by atoms with van der Waals surface area (Å²) in [6, 6.07) is 10.6. The summed E-state index contributed by atoms with van der Waals surface area (Å²) >= 11 is 0. The molecule has 2 fully saturated rings. The lowest BCUT2D eigenvalue weighted by molar-refractivity contribution is 0.0128. The van der Waals surface area contributed by atoms with Crippen LogP contribution in [0.1, 0.15) is 35.1 Å². The van der Waals surface area contributed by atoms with Gasteiger partial charge in [-0.1, -0.05) is 36.4 Å². The minimum Gasteiger partial charge on any atom is -0.378 e. The minimum atomic E-state index is -0.741. The number of nitrogens with two attached hydrogens (primary N) is 1. The normalized spacial score (nSPS) is 27.0. The first-order valence-corrected chi connectivity index (χ1v) is 14.1. The molecule has 2 saturated heterocycles. The van der Waals surface area contributed by atoms with E-state index in [1.165, 1.54) is 18.2 Å². The van der Waals surface area contributed by atoms with Crippen molar-refractivity contribution in [3.63, 3.8) is 0 Å². The highest BCUT2D eigenvalue weighted by Gasteiger charge is 2.35. The summed E-state index contributed by atoms with van der Waals surface area (Å²) in [6.07, 6.45) is 7.67. The Kier molecular flexibility index (Phi) is 7.84. The van der Waals surface area contributed by atoms with Crippen molar-refractivity contribution in [1.82, 2.24) is 4.90 Å². The maximum absolute atomic E-state index is 14.9. The molecule has 0 saturated carbocycles. The van der Waals surface area contributed by atoms with Crippen LogP contribution in [0.2, 0.25) is 0 Å². The third-order valence-electron chi connectivity index (χ3n) is 8.39. The average Bonchev–Trinajstić information content (AvgIpc) is 3.28. The number of hydrogen-bond acceptors (Lipinski definition) is 4. The van der Waals surface area contributed by atoms with Gasteiger partial charge in [-0.2, -0.15) is 4.99 Å². The topological polar surface area (TPSA) is 89.2 Å². The van der Waals surface area contributed by atoms with Crippen molar-refractivity contribution >= 4 is 29.2 Å². The van der Waals surface area contributed by atoms with Crippen molar-refractivity contribution < 1.29 is 23.0 Å². The Hall–Kier alpha value is -3.66. The number of halogens is 2. The Labute approximate surface area is 238 Å². The van der Waals surface area contributed by atoms with E-state index in [2.05, 4.69) is 15.2 Å². The van der Waals surface area contributed by atoms with E-state index in [1.54, 1.807) is 12.1 Å². The number of aryl methyl sites for hydroxylation is 1. The van der Waals surface area contributed by atoms with Crippen molar-refractivity contribution in [2.24, 2.45) is 22.6 Å². The molecule has 214 valence electrons. The second-order valence-corrected chi connectivity index (χ2v) is 11.2. The number of carbonyl (C=O) groups excluding carboxylic acids is 1. The Morgan fingerprint density at radius 3 is 2.98 bits per heavy atom. The van der Waals surface area contributed by atoms with Crippen molar-refractivity contribution in [1.29, 1.82) is 0 Å². The number of urea groups is 1. The fourth-order valence-corrected chi connectivity index (χ4v) is 6.38. The highest BCUT2D eigenvalue weighted by molar-refractivity contribution is 6.02. The summed E-state index contributed by atoms with van der Waals surface area (Å²) in [5.41, 5.74) is 10.2. The fourth-order valence-electron chi connectivity index (χ4n) is 6.38. The summed E-state index contributed by atoms with van der Waals surface area (Å²) in [5.74, 6) is -0.145. The molecule has 2 amide bonds. The number of allylic oxidation sites excluding steroid dienone is 2. The molecule has 3 N–H and O–H groups in total. The zero-order chi connectivity index (χ0) is 28.5. The van der Waals surface area contributed by atoms with E-state index < -0.39 is 12.1 Å². The van der Waals surface area contributed by atoms with Crippen molar-refractivity contribution in [2.75, 3.05) is 31.6 Å². The predicted molar refractivity (Wildman–Crippen MR) is 155 cm³/mol. The molecule has 0 radical (unpaired) electrons. The number of nitrogens with zero attached hydrogens (tertiary/aromatic N) is 2. The van der Waals surface area contributed by atoms with Gasteiger partial charge in [0, 0.05) is 42.7 Å². The number of aliphatic imine (C=N–C) groups is 1. The zero-order valence-electron chi connectivity index (χ0n) is 23.0. The van der Waals surface area contributed by atoms with Gasteiger partial charge in [0.15, 0.2) is 0 Å². The third kappa shape index (κ3) is 6.02. The van der Waals surface area contributed by atoms with Crippen LogP contribution in [0.25, 0.3) is 11.6 Å². The standard InChI is InChI=1S/C32H34F2N4O3/c1-19-5-6-20(12-26-24-3-2-4-28(34)27(24)18-41-30-15-22(33)7-8-25(26)30)13-29(19)36-31(37-32(35)39)14-21-11-23-17-40-10-9-38(23)16-21/h2-8,12-13,15,21,23,25,30H,9-11,14,16-18H2,1H3,(H3,35,36,37,39)/b26-12+/t21-,23-,25?,30?/m1/s1. The Bertz CT molecular complexity index is 1450. The van der Waals surface area contributed by atoms with Gasteiger partial charge >= 0.3 is 6.03 Å². The number of nitrogens with one attached hydrogen (secondary N) is 1. The van der Waals surface area contributed by atoms with Crippen LogP contribution in [0.15, 0.2) is 65.4 Å². The van der Waals surface area contributed by atoms with Gasteiger partial charge in [-0.15, -0.1) is 0 Å². The fraction of sp³-hybridized carbons (Fsp3) is 0.375. The summed E-state index contributed by atoms with van der Waals surface area (Å²) in [4.78, 5) is 18.4. The van der Waals surface area contributed by atoms with Crippen LogP contribution in [-0.4, -0.2) is 55.2 Å². The van der Waals surface area contributed by atoms with Crippen LogP contribution in [0, 0.1) is 24.6 Å². The number of hydrogen-bond donors (Lipinski definition) is 2. The number of ether oxygens (including phenoxy) is 2. The molecule has 0 aromatic heterocycles. The number of benzene rings is 2. The Morgan fingerprint density at radius 1 is 1.27 bits per heavy atom. The van der Waals surface area contributed by atoms with Gasteiger partial charge in [0.25, 0.3) is 0 Å². The van der Waals surface area contributed by atoms with Crippen molar-refractivity contribution in [3.05, 3.63) is 88.5 Å². The maximum Gasteiger partial charge on any atom is 0.339 e. The molecule has 9 heteroatoms. The predicted octanol–water partition coefficient (Wildman–Crippen LogP) is 5.61. The van der Waals surface area contributed by atoms with Crippen LogP contribution < -0.4 is 11.1 Å². The number of amides is 2. The van der Waals surface area contributed by atoms with E-state index in [0.717, 1.165) is 60.7 Å². The Morgan fingerprint density at radius 2 is 2.15 bits per heavy atom. The van der Waals surface area contributed by atoms with Gasteiger partial charge in [0.05, 0.1) is 25.9 Å². The SMILES string of the molecule is Cc1ccc(/C=C2\c3cccc(F)c3COC3C=C(F)C=CC23)cc1N/C(C[C@H]1C[C@@H]2COCCN2C1)=N\C(N)=O. The van der Waals surface area contributed by atoms with Gasteiger partial charge in [-0.3, -0.25) is 4.90 Å². The molecule has 3 aliphatic heterocycles. The quantitative estimate of drug-likeness (QED) is 0.375. The molecular weight excluding hydrogens is 526 g/mol. The first-order valence-electron chi connectivity index (χ1n) is 14.1. The second kappa shape index (κ2) is 11.7. The molecule has 3 heterocycles. The molecular formula is C32H34F2N4O3. The molecule has 2 aromatic carbocycles. The molecule has 2 unspecified atom stereocenters. The average molecular weight is 561 g/mol. The number of rotatable bonds is 4. The van der Waals surface area contributed by atoms with E-state index in [0.29, 0.717) is 29.8 Å². The number of amidine groups is 1. The van der Waals surface area contributed by atoms with Gasteiger partial charge in [0.1, 0.15) is 17.5 Å². The lowest BCUT2D eigenvalue weighted by atomic mass is 9.83. The molecule has 41 heavy (non-hydrogen) atoms. The van der Waals surface area contributed by atoms with E-state index in [1.807, 2.05) is 37.3 Å². The zero-order valence-corrected chi connectivity index (χ0v) is 23.0. The second-order valence-electron chi connectivity index (χ2n) is 11.2. The van der Waals surface area contributed by atoms with Crippen LogP contribution in [-0.2, 0) is 16.1 Å². The molecule has 2 aromatic rings. The lowest BCUT2D eigenvalue weighted by Gasteiger charge is -2.28. The van der Waals surface area contributed by atoms with Crippen molar-refractivity contribution in [3.8, 4) is 0 Å². The molecule has 6 rings (SSSR count). The van der Waals surface area contributed by atoms with E-state index in [-0.39, 0.29) is 24.2 Å². The van der Waals surface area contributed by atoms with Crippen LogP contribution in [0.3, 0.4) is 0 Å². The highest BCUT2D eigenvalue weighted by atomic mass is 19.1. The number of morpholine rings is 1. The first kappa shape index (κ1) is 27.5. The van der Waals surface area contributed by atoms with Crippen LogP contribution in [0.4, 0.5) is 19.3 Å². The molecule has 4 atom stereocenters. The maximum atomic E-state index is 14.9. The monoisotopic (exact) mass is 560 g/mol. The van der Waals surface area contributed by atoms with Crippen LogP contribution in [0.5, 0.6) is 0 Å². The molecule has 7 nitrogen and oxygen atoms in total. The van der Waals surface area contributed by atoms with Gasteiger partial charge in [0.2, 0.25) is 0 Å². The minimum absolute atomic E-state index is 0.0529. The molecule has 4 aliphatic rings. The summed E-state index contributed by atoms with van der Waals surface area (Å²) < 4.78 is 40.6. The molecule has 0 spiro atoms. The summed E-state index contributed by atoms with van der Waals surface area (Å²) in [5, 5.41) is 3.38. The van der Waals surface area contributed by atoms with Crippen molar-refractivity contribution in [2.45, 2.75) is 38.5 Å². The third-order valence-corrected chi connectivity index (χ3v) is 8.39. The highest BCUT2D eigenvalue weighted by Crippen LogP contribution is 2.40. The number of fused-ring (bicyclic) bond motifs is 3. The van der Waals surface area contributed by atoms with E-state index in [4.69, 9.17) is 15.2 Å². The summed E-state index contributed by atoms with van der Waals surface area (Å²) in [7, 11) is 0. The molecule has 1 aliphatic carbocycles. The largest absolute Gasteiger partial charge is 0.378 e. The van der Waals surface area contributed by atoms with Crippen LogP contribution >= 0.6 is 0 Å². The molecule has 0 bridgehead atoms. The van der Waals surface area contributed by atoms with E-state index >= 15 is 0 Å². The van der Waals surface area contributed by atoms with Gasteiger partial charge in [-0.25, -0.2) is 13.6 Å². The summed E-state index contributed by atoms with van der Waals surface area (Å²) in [6.45, 7) is 5.37. The smallest absolute Gasteiger partial charge is 0.339 e. The lowest BCUT2D eigenvalue weighted by Crippen LogP contribution is -2.40. The van der Waals surface area contributed by atoms with E-state index in [9.17, 15) is 13.6 Å². The number of primary amides is 1. The number of carbonyl (C=O) groups is 1. The van der Waals surface area contributed by atoms with Gasteiger partial charge in [-0.05, 0) is 65.8 Å². The first-order chi connectivity index (χ1) is 19.8.